The van der Waals surface area contributed by atoms with Crippen LogP contribution in [0.4, 0.5) is 0 Å². The first-order valence-electron chi connectivity index (χ1n) is 17.8. The molecule has 3 saturated carbocycles. The van der Waals surface area contributed by atoms with E-state index in [2.05, 4.69) is 92.3 Å². The Morgan fingerprint density at radius 1 is 0.745 bits per heavy atom. The van der Waals surface area contributed by atoms with Crippen LogP contribution in [0.25, 0.3) is 44.8 Å². The third-order valence-corrected chi connectivity index (χ3v) is 12.5. The summed E-state index contributed by atoms with van der Waals surface area (Å²) < 4.78 is 0. The van der Waals surface area contributed by atoms with Gasteiger partial charge < -0.3 is 9.97 Å². The number of fused-ring (bicyclic) bond motifs is 1. The molecule has 3 fully saturated rings. The van der Waals surface area contributed by atoms with Gasteiger partial charge in [0.1, 0.15) is 0 Å². The SMILES string of the molecule is C[Si](C)(C)c1cnc(-c2[c-]cccc2)cc1CC1CC2CC1C2.Cc1cnc(-c2[c-]cc(C#N)c(-c3ccccc3)c2)cc1-c1ccccc1.[Ir]. The number of nitriles is 1. The molecule has 0 N–H and O–H groups in total. The molecule has 5 heteroatoms. The number of nitrogens with zero attached hydrogens (tertiary/aromatic N) is 3. The number of aromatic nitrogens is 2. The predicted octanol–water partition coefficient (Wildman–Crippen LogP) is 10.7. The molecule has 0 amide bonds. The molecule has 2 heterocycles. The molecule has 0 saturated heterocycles. The van der Waals surface area contributed by atoms with Gasteiger partial charge in [-0.15, -0.1) is 59.7 Å². The molecule has 3 aliphatic rings. The molecule has 0 aliphatic heterocycles. The predicted molar refractivity (Wildman–Crippen MR) is 208 cm³/mol. The van der Waals surface area contributed by atoms with Crippen molar-refractivity contribution in [2.75, 3.05) is 0 Å². The van der Waals surface area contributed by atoms with Crippen molar-refractivity contribution in [1.29, 1.82) is 5.26 Å². The van der Waals surface area contributed by atoms with Crippen LogP contribution in [0.15, 0.2) is 122 Å². The standard InChI is InChI=1S/C25H17N2.C21H26NSi.Ir/c1-18-17-27-25(15-23(18)19-8-4-2-5-9-19)21-12-13-22(16-26)24(14-21)20-10-6-3-7-11-20;1-23(2,3)21-14-22-20(16-7-5-4-6-8-16)13-19(21)12-18-11-15-9-17(18)10-15;/h2-11,13-15,17H,1H3;4-7,13-15,17-18H,9-12H2,1-3H3;/q2*-1;. The van der Waals surface area contributed by atoms with Crippen molar-refractivity contribution in [3.05, 3.63) is 150 Å². The maximum absolute atomic E-state index is 9.48. The number of pyridine rings is 2. The van der Waals surface area contributed by atoms with Crippen LogP contribution < -0.4 is 5.19 Å². The summed E-state index contributed by atoms with van der Waals surface area (Å²) in [4.78, 5) is 9.39. The largest absolute Gasteiger partial charge is 0.305 e. The molecule has 2 bridgehead atoms. The normalized spacial score (nSPS) is 17.3. The minimum Gasteiger partial charge on any atom is -0.305 e. The molecule has 0 spiro atoms. The van der Waals surface area contributed by atoms with E-state index in [4.69, 9.17) is 4.98 Å². The Kier molecular flexibility index (Phi) is 11.3. The first-order valence-corrected chi connectivity index (χ1v) is 21.3. The average molecular weight is 858 g/mol. The summed E-state index contributed by atoms with van der Waals surface area (Å²) in [5.74, 6) is 2.98. The van der Waals surface area contributed by atoms with Crippen molar-refractivity contribution < 1.29 is 20.1 Å². The van der Waals surface area contributed by atoms with Crippen LogP contribution in [-0.4, -0.2) is 18.0 Å². The third kappa shape index (κ3) is 8.21. The van der Waals surface area contributed by atoms with Crippen LogP contribution in [0, 0.1) is 48.1 Å². The van der Waals surface area contributed by atoms with Crippen molar-refractivity contribution in [3.8, 4) is 50.8 Å². The van der Waals surface area contributed by atoms with Crippen LogP contribution in [0.5, 0.6) is 0 Å². The van der Waals surface area contributed by atoms with Crippen LogP contribution in [0.1, 0.15) is 36.0 Å². The zero-order valence-corrected chi connectivity index (χ0v) is 33.2. The van der Waals surface area contributed by atoms with Crippen molar-refractivity contribution >= 4 is 13.3 Å². The van der Waals surface area contributed by atoms with Gasteiger partial charge in [0, 0.05) is 38.6 Å². The van der Waals surface area contributed by atoms with Gasteiger partial charge in [-0.2, -0.15) is 0 Å². The second-order valence-electron chi connectivity index (χ2n) is 15.0. The molecule has 3 nitrogen and oxygen atoms in total. The van der Waals surface area contributed by atoms with Gasteiger partial charge in [-0.05, 0) is 94.8 Å². The number of benzene rings is 4. The second kappa shape index (κ2) is 15.8. The second-order valence-corrected chi connectivity index (χ2v) is 20.0. The Labute approximate surface area is 318 Å². The Balaban J connectivity index is 0.000000174. The fraction of sp³-hybridized carbons (Fsp3) is 0.239. The molecular weight excluding hydrogens is 815 g/mol. The minimum absolute atomic E-state index is 0. The van der Waals surface area contributed by atoms with Gasteiger partial charge in [-0.3, -0.25) is 0 Å². The smallest absolute Gasteiger partial charge is 0.0798 e. The zero-order chi connectivity index (χ0) is 34.7. The monoisotopic (exact) mass is 858 g/mol. The Bertz CT molecular complexity index is 2130. The van der Waals surface area contributed by atoms with E-state index in [0.717, 1.165) is 68.1 Å². The van der Waals surface area contributed by atoms with E-state index in [1.165, 1.54) is 25.7 Å². The maximum Gasteiger partial charge on any atom is 0.0798 e. The first-order chi connectivity index (χ1) is 24.3. The van der Waals surface area contributed by atoms with Crippen molar-refractivity contribution in [2.45, 2.75) is 52.2 Å². The first kappa shape index (κ1) is 36.3. The Hall–Kier alpha value is -4.46. The van der Waals surface area contributed by atoms with Gasteiger partial charge in [0.2, 0.25) is 0 Å². The molecule has 1 atom stereocenters. The van der Waals surface area contributed by atoms with Crippen molar-refractivity contribution in [3.63, 3.8) is 0 Å². The Morgan fingerprint density at radius 3 is 2.00 bits per heavy atom. The van der Waals surface area contributed by atoms with Crippen molar-refractivity contribution in [1.82, 2.24) is 9.97 Å². The van der Waals surface area contributed by atoms with Crippen LogP contribution in [0.3, 0.4) is 0 Å². The van der Waals surface area contributed by atoms with Gasteiger partial charge in [0.15, 0.2) is 0 Å². The molecule has 6 aromatic rings. The summed E-state index contributed by atoms with van der Waals surface area (Å²) in [6.07, 6.45) is 9.80. The minimum atomic E-state index is -1.35. The quantitative estimate of drug-likeness (QED) is 0.119. The fourth-order valence-corrected chi connectivity index (χ4v) is 9.34. The molecule has 51 heavy (non-hydrogen) atoms. The summed E-state index contributed by atoms with van der Waals surface area (Å²) in [7, 11) is -1.35. The van der Waals surface area contributed by atoms with Gasteiger partial charge in [-0.1, -0.05) is 104 Å². The molecule has 9 rings (SSSR count). The van der Waals surface area contributed by atoms with E-state index in [-0.39, 0.29) is 20.1 Å². The van der Waals surface area contributed by atoms with E-state index in [9.17, 15) is 5.26 Å². The molecule has 4 aromatic carbocycles. The summed E-state index contributed by atoms with van der Waals surface area (Å²) >= 11 is 0. The van der Waals surface area contributed by atoms with E-state index in [1.807, 2.05) is 72.9 Å². The molecule has 3 aliphatic carbocycles. The van der Waals surface area contributed by atoms with E-state index in [1.54, 1.807) is 16.8 Å². The van der Waals surface area contributed by atoms with Gasteiger partial charge in [0.25, 0.3) is 0 Å². The molecule has 2 aromatic heterocycles. The maximum atomic E-state index is 9.48. The van der Waals surface area contributed by atoms with E-state index >= 15 is 0 Å². The van der Waals surface area contributed by atoms with Gasteiger partial charge in [0.05, 0.1) is 8.07 Å². The van der Waals surface area contributed by atoms with Crippen LogP contribution in [-0.2, 0) is 26.5 Å². The summed E-state index contributed by atoms with van der Waals surface area (Å²) in [5, 5.41) is 11.0. The van der Waals surface area contributed by atoms with Crippen molar-refractivity contribution in [2.24, 2.45) is 17.8 Å². The average Bonchev–Trinajstić information content (AvgIpc) is 3.72. The number of aryl methyl sites for hydroxylation is 1. The van der Waals surface area contributed by atoms with Gasteiger partial charge >= 0.3 is 0 Å². The Morgan fingerprint density at radius 2 is 1.39 bits per heavy atom. The zero-order valence-electron chi connectivity index (χ0n) is 29.8. The summed E-state index contributed by atoms with van der Waals surface area (Å²) in [5.41, 5.74) is 11.5. The van der Waals surface area contributed by atoms with E-state index < -0.39 is 8.07 Å². The summed E-state index contributed by atoms with van der Waals surface area (Å²) in [6, 6.07) is 45.5. The van der Waals surface area contributed by atoms with E-state index in [0.29, 0.717) is 5.56 Å². The third-order valence-electron chi connectivity index (χ3n) is 10.5. The van der Waals surface area contributed by atoms with Crippen LogP contribution >= 0.6 is 0 Å². The molecule has 257 valence electrons. The number of rotatable bonds is 7. The topological polar surface area (TPSA) is 49.6 Å². The fourth-order valence-electron chi connectivity index (χ4n) is 7.75. The summed E-state index contributed by atoms with van der Waals surface area (Å²) in [6.45, 7) is 9.39. The van der Waals surface area contributed by atoms with Crippen LogP contribution in [0.2, 0.25) is 19.6 Å². The molecule has 1 radical (unpaired) electrons. The number of hydrogen-bond acceptors (Lipinski definition) is 3. The molecular formula is C46H43IrN3Si-2. The molecule has 1 unspecified atom stereocenters. The number of hydrogen-bond donors (Lipinski definition) is 0. The van der Waals surface area contributed by atoms with Gasteiger partial charge in [-0.25, -0.2) is 5.26 Å².